The number of carboxylic acids is 2. The zero-order chi connectivity index (χ0) is 28.6. The lowest BCUT2D eigenvalue weighted by atomic mass is 10.1. The van der Waals surface area contributed by atoms with E-state index in [9.17, 15) is 19.2 Å². The van der Waals surface area contributed by atoms with Gasteiger partial charge in [-0.3, -0.25) is 14.9 Å². The Morgan fingerprint density at radius 1 is 1.10 bits per heavy atom. The molecular weight excluding hydrogens is 534 g/mol. The molecule has 40 heavy (non-hydrogen) atoms. The molecule has 2 aromatic carbocycles. The molecule has 0 spiro atoms. The Labute approximate surface area is 235 Å². The first kappa shape index (κ1) is 28.6. The molecule has 0 aliphatic carbocycles. The van der Waals surface area contributed by atoms with Crippen molar-refractivity contribution >= 4 is 51.6 Å². The second-order valence-electron chi connectivity index (χ2n) is 9.36. The Hall–Kier alpha value is -4.38. The molecule has 2 aliphatic rings. The highest BCUT2D eigenvalue weighted by atomic mass is 32.2. The molecule has 2 aliphatic heterocycles. The predicted molar refractivity (Wildman–Crippen MR) is 152 cm³/mol. The topological polar surface area (TPSA) is 146 Å². The van der Waals surface area contributed by atoms with E-state index in [4.69, 9.17) is 19.9 Å². The van der Waals surface area contributed by atoms with Crippen LogP contribution < -0.4 is 15.0 Å². The number of carboxylic acid groups (broad SMARTS) is 2. The molecule has 3 heterocycles. The minimum atomic E-state index is -1.26. The Morgan fingerprint density at radius 2 is 1.80 bits per heavy atom. The zero-order valence-corrected chi connectivity index (χ0v) is 22.6. The maximum atomic E-state index is 11.8. The van der Waals surface area contributed by atoms with E-state index < -0.39 is 11.9 Å². The Bertz CT molecular complexity index is 1430. The van der Waals surface area contributed by atoms with Crippen molar-refractivity contribution in [3.63, 3.8) is 0 Å². The second-order valence-corrected chi connectivity index (χ2v) is 10.5. The number of ether oxygens (including phenoxy) is 1. The van der Waals surface area contributed by atoms with Gasteiger partial charge in [-0.25, -0.2) is 14.6 Å². The number of hydrogen-bond donors (Lipinski definition) is 3. The minimum absolute atomic E-state index is 0.209. The van der Waals surface area contributed by atoms with Crippen LogP contribution in [0.2, 0.25) is 0 Å². The van der Waals surface area contributed by atoms with Crippen molar-refractivity contribution in [3.8, 4) is 5.75 Å². The molecule has 11 heteroatoms. The van der Waals surface area contributed by atoms with Gasteiger partial charge in [0.15, 0.2) is 0 Å². The van der Waals surface area contributed by atoms with Gasteiger partial charge in [-0.15, -0.1) is 0 Å². The normalized spacial score (nSPS) is 18.5. The number of aryl methyl sites for hydroxylation is 1. The van der Waals surface area contributed by atoms with Crippen molar-refractivity contribution in [2.75, 3.05) is 18.1 Å². The summed E-state index contributed by atoms with van der Waals surface area (Å²) in [6, 6.07) is 18.5. The maximum Gasteiger partial charge on any atom is 0.328 e. The molecule has 3 aromatic rings. The smallest absolute Gasteiger partial charge is 0.328 e. The number of carbonyl (C=O) groups is 4. The summed E-state index contributed by atoms with van der Waals surface area (Å²) in [5, 5.41) is 18.5. The number of aromatic nitrogens is 1. The highest BCUT2D eigenvalue weighted by Gasteiger charge is 2.31. The van der Waals surface area contributed by atoms with Crippen LogP contribution in [0.3, 0.4) is 0 Å². The van der Waals surface area contributed by atoms with E-state index in [1.54, 1.807) is 0 Å². The SMILES string of the molecule is Cc1cc(N2CCC[C@H]2COc2ccc(CC3SC(=O)NC3=O)cc2)nc2ccccc12.O=C(O)/C=C\C(=O)O. The van der Waals surface area contributed by atoms with E-state index in [2.05, 4.69) is 41.4 Å². The number of carbonyl (C=O) groups excluding carboxylic acids is 2. The number of aliphatic carboxylic acids is 2. The molecule has 1 aromatic heterocycles. The van der Waals surface area contributed by atoms with Gasteiger partial charge in [0.1, 0.15) is 18.2 Å². The van der Waals surface area contributed by atoms with Crippen molar-refractivity contribution in [2.45, 2.75) is 37.5 Å². The third-order valence-corrected chi connectivity index (χ3v) is 7.48. The fourth-order valence-electron chi connectivity index (χ4n) is 4.59. The highest BCUT2D eigenvalue weighted by molar-refractivity contribution is 8.15. The first-order chi connectivity index (χ1) is 19.2. The third-order valence-electron chi connectivity index (χ3n) is 6.50. The van der Waals surface area contributed by atoms with Crippen LogP contribution in [0.5, 0.6) is 5.75 Å². The minimum Gasteiger partial charge on any atom is -0.491 e. The molecule has 1 unspecified atom stereocenters. The van der Waals surface area contributed by atoms with Gasteiger partial charge in [0.25, 0.3) is 5.24 Å². The van der Waals surface area contributed by atoms with Crippen molar-refractivity contribution in [2.24, 2.45) is 0 Å². The molecule has 0 saturated carbocycles. The van der Waals surface area contributed by atoms with Gasteiger partial charge in [0, 0.05) is 24.1 Å². The average molecular weight is 564 g/mol. The van der Waals surface area contributed by atoms with Gasteiger partial charge in [0.2, 0.25) is 5.91 Å². The highest BCUT2D eigenvalue weighted by Crippen LogP contribution is 2.29. The molecule has 208 valence electrons. The molecule has 0 radical (unpaired) electrons. The average Bonchev–Trinajstić information content (AvgIpc) is 3.52. The number of para-hydroxylation sites is 1. The number of nitrogens with one attached hydrogen (secondary N) is 1. The van der Waals surface area contributed by atoms with Crippen LogP contribution in [0, 0.1) is 6.92 Å². The number of fused-ring (bicyclic) bond motifs is 1. The molecule has 0 bridgehead atoms. The first-order valence-electron chi connectivity index (χ1n) is 12.7. The molecule has 2 atom stereocenters. The van der Waals surface area contributed by atoms with E-state index in [0.29, 0.717) is 25.2 Å². The van der Waals surface area contributed by atoms with Crippen LogP contribution in [-0.2, 0) is 20.8 Å². The van der Waals surface area contributed by atoms with Crippen LogP contribution in [-0.4, -0.2) is 62.7 Å². The van der Waals surface area contributed by atoms with Crippen LogP contribution in [0.25, 0.3) is 10.9 Å². The molecule has 5 rings (SSSR count). The van der Waals surface area contributed by atoms with Crippen LogP contribution >= 0.6 is 11.8 Å². The summed E-state index contributed by atoms with van der Waals surface area (Å²) in [7, 11) is 0. The van der Waals surface area contributed by atoms with Crippen LogP contribution in [0.1, 0.15) is 24.0 Å². The summed E-state index contributed by atoms with van der Waals surface area (Å²) < 4.78 is 6.11. The fraction of sp³-hybridized carbons (Fsp3) is 0.276. The number of hydrogen-bond acceptors (Lipinski definition) is 8. The standard InChI is InChI=1S/C25H25N3O3S.C4H4O4/c1-16-13-23(26-21-7-3-2-6-20(16)21)28-12-4-5-18(28)15-31-19-10-8-17(9-11-19)14-22-24(29)27-25(30)32-22;5-3(6)1-2-4(7)8/h2-3,6-11,13,18,22H,4-5,12,14-15H2,1H3,(H,27,29,30);1-2H,(H,5,6)(H,7,8)/b;2-1-/t18-,22?;/m0./s1. The second kappa shape index (κ2) is 13.1. The number of anilines is 1. The van der Waals surface area contributed by atoms with Gasteiger partial charge >= 0.3 is 11.9 Å². The first-order valence-corrected chi connectivity index (χ1v) is 13.6. The number of thioether (sulfide) groups is 1. The van der Waals surface area contributed by atoms with Crippen LogP contribution in [0.15, 0.2) is 66.7 Å². The van der Waals surface area contributed by atoms with Crippen molar-refractivity contribution in [3.05, 3.63) is 77.9 Å². The lowest BCUT2D eigenvalue weighted by molar-refractivity contribution is -0.134. The summed E-state index contributed by atoms with van der Waals surface area (Å²) in [6.45, 7) is 3.72. The molecule has 2 fully saturated rings. The van der Waals surface area contributed by atoms with E-state index in [1.165, 1.54) is 10.9 Å². The number of rotatable bonds is 8. The number of nitrogens with zero attached hydrogens (tertiary/aromatic N) is 2. The van der Waals surface area contributed by atoms with Gasteiger partial charge in [0.05, 0.1) is 16.8 Å². The number of amides is 2. The summed E-state index contributed by atoms with van der Waals surface area (Å²) in [6.07, 6.45) is 3.85. The van der Waals surface area contributed by atoms with E-state index in [0.717, 1.165) is 53.8 Å². The fourth-order valence-corrected chi connectivity index (χ4v) is 5.45. The lowest BCUT2D eigenvalue weighted by Gasteiger charge is -2.26. The molecular formula is C29H29N3O7S. The van der Waals surface area contributed by atoms with Gasteiger partial charge in [-0.1, -0.05) is 42.1 Å². The Kier molecular flexibility index (Phi) is 9.39. The maximum absolute atomic E-state index is 11.8. The Morgan fingerprint density at radius 3 is 2.45 bits per heavy atom. The van der Waals surface area contributed by atoms with Gasteiger partial charge in [-0.05, 0) is 61.6 Å². The lowest BCUT2D eigenvalue weighted by Crippen LogP contribution is -2.34. The molecule has 3 N–H and O–H groups in total. The van der Waals surface area contributed by atoms with Crippen molar-refractivity contribution < 1.29 is 34.1 Å². The summed E-state index contributed by atoms with van der Waals surface area (Å²) in [4.78, 5) is 49.5. The number of pyridine rings is 1. The molecule has 2 amide bonds. The van der Waals surface area contributed by atoms with Crippen molar-refractivity contribution in [1.29, 1.82) is 0 Å². The van der Waals surface area contributed by atoms with Gasteiger partial charge < -0.3 is 19.8 Å². The molecule has 2 saturated heterocycles. The monoisotopic (exact) mass is 563 g/mol. The van der Waals surface area contributed by atoms with E-state index in [-0.39, 0.29) is 22.4 Å². The number of benzene rings is 2. The predicted octanol–water partition coefficient (Wildman–Crippen LogP) is 4.20. The molecule has 10 nitrogen and oxygen atoms in total. The van der Waals surface area contributed by atoms with Gasteiger partial charge in [-0.2, -0.15) is 0 Å². The van der Waals surface area contributed by atoms with Crippen molar-refractivity contribution in [1.82, 2.24) is 10.3 Å². The summed E-state index contributed by atoms with van der Waals surface area (Å²) in [5.41, 5.74) is 3.28. The van der Waals surface area contributed by atoms with Crippen LogP contribution in [0.4, 0.5) is 10.6 Å². The van der Waals surface area contributed by atoms with E-state index >= 15 is 0 Å². The largest absolute Gasteiger partial charge is 0.491 e. The third kappa shape index (κ3) is 7.60. The number of imide groups is 1. The quantitative estimate of drug-likeness (QED) is 0.341. The summed E-state index contributed by atoms with van der Waals surface area (Å²) in [5.74, 6) is -0.897. The van der Waals surface area contributed by atoms with E-state index in [1.807, 2.05) is 30.3 Å². The Balaban J connectivity index is 0.000000406. The summed E-state index contributed by atoms with van der Waals surface area (Å²) >= 11 is 1.06. The zero-order valence-electron chi connectivity index (χ0n) is 21.8.